The lowest BCUT2D eigenvalue weighted by molar-refractivity contribution is -0.125. The summed E-state index contributed by atoms with van der Waals surface area (Å²) in [5, 5.41) is 0. The predicted molar refractivity (Wildman–Crippen MR) is 58.6 cm³/mol. The highest BCUT2D eigenvalue weighted by atomic mass is 31.2. The van der Waals surface area contributed by atoms with E-state index in [2.05, 4.69) is 6.58 Å². The van der Waals surface area contributed by atoms with Crippen LogP contribution in [0.2, 0.25) is 0 Å². The third kappa shape index (κ3) is 4.60. The first-order valence-corrected chi connectivity index (χ1v) is 6.34. The maximum Gasteiger partial charge on any atom is 0.330 e. The standard InChI is InChI=1S/C9H18NO4P/c1-5-8(15(12,13)14)6-10(4)9(11)7(2)3/h8H,2,5-6H2,1,3-4H3,(H2,12,13,14). The summed E-state index contributed by atoms with van der Waals surface area (Å²) < 4.78 is 11.0. The Bertz CT molecular complexity index is 296. The molecule has 0 aromatic heterocycles. The van der Waals surface area contributed by atoms with Crippen molar-refractivity contribution < 1.29 is 19.1 Å². The van der Waals surface area contributed by atoms with Gasteiger partial charge >= 0.3 is 7.60 Å². The predicted octanol–water partition coefficient (Wildman–Crippen LogP) is 0.977. The van der Waals surface area contributed by atoms with Gasteiger partial charge in [-0.1, -0.05) is 13.5 Å². The number of nitrogens with zero attached hydrogens (tertiary/aromatic N) is 1. The second-order valence-electron chi connectivity index (χ2n) is 3.62. The summed E-state index contributed by atoms with van der Waals surface area (Å²) in [6.45, 7) is 6.78. The van der Waals surface area contributed by atoms with E-state index >= 15 is 0 Å². The minimum atomic E-state index is -4.12. The minimum absolute atomic E-state index is 0.0481. The Hall–Kier alpha value is -0.640. The molecule has 0 fully saturated rings. The van der Waals surface area contributed by atoms with Crippen molar-refractivity contribution in [3.05, 3.63) is 12.2 Å². The number of likely N-dealkylation sites (N-methyl/N-ethyl adjacent to an activating group) is 1. The lowest BCUT2D eigenvalue weighted by atomic mass is 10.2. The molecule has 0 aliphatic carbocycles. The zero-order valence-electron chi connectivity index (χ0n) is 9.30. The number of carbonyl (C=O) groups is 1. The normalized spacial score (nSPS) is 13.4. The van der Waals surface area contributed by atoms with Crippen molar-refractivity contribution in [1.82, 2.24) is 4.90 Å². The molecule has 0 saturated carbocycles. The summed E-state index contributed by atoms with van der Waals surface area (Å²) in [6, 6.07) is 0. The molecule has 1 amide bonds. The largest absolute Gasteiger partial charge is 0.341 e. The molecule has 0 rings (SSSR count). The van der Waals surface area contributed by atoms with E-state index in [1.54, 1.807) is 13.8 Å². The van der Waals surface area contributed by atoms with Gasteiger partial charge in [0.25, 0.3) is 0 Å². The average Bonchev–Trinajstić information content (AvgIpc) is 2.10. The van der Waals surface area contributed by atoms with Crippen LogP contribution < -0.4 is 0 Å². The number of rotatable bonds is 5. The third-order valence-corrected chi connectivity index (χ3v) is 3.62. The van der Waals surface area contributed by atoms with E-state index in [-0.39, 0.29) is 12.5 Å². The van der Waals surface area contributed by atoms with E-state index < -0.39 is 13.3 Å². The van der Waals surface area contributed by atoms with Crippen molar-refractivity contribution in [3.8, 4) is 0 Å². The van der Waals surface area contributed by atoms with Crippen LogP contribution in [0.15, 0.2) is 12.2 Å². The quantitative estimate of drug-likeness (QED) is 0.550. The molecule has 1 unspecified atom stereocenters. The topological polar surface area (TPSA) is 77.8 Å². The lowest BCUT2D eigenvalue weighted by Gasteiger charge is -2.24. The first kappa shape index (κ1) is 14.4. The van der Waals surface area contributed by atoms with Crippen LogP contribution in [-0.4, -0.2) is 39.8 Å². The Morgan fingerprint density at radius 3 is 2.27 bits per heavy atom. The van der Waals surface area contributed by atoms with Crippen molar-refractivity contribution in [2.45, 2.75) is 25.9 Å². The van der Waals surface area contributed by atoms with Gasteiger partial charge in [-0.25, -0.2) is 0 Å². The van der Waals surface area contributed by atoms with Crippen LogP contribution in [0.1, 0.15) is 20.3 Å². The second-order valence-corrected chi connectivity index (χ2v) is 5.53. The minimum Gasteiger partial charge on any atom is -0.341 e. The van der Waals surface area contributed by atoms with Crippen LogP contribution in [0.25, 0.3) is 0 Å². The van der Waals surface area contributed by atoms with Gasteiger partial charge in [0.1, 0.15) is 0 Å². The van der Waals surface area contributed by atoms with Crippen LogP contribution >= 0.6 is 7.60 Å². The Morgan fingerprint density at radius 2 is 2.00 bits per heavy atom. The van der Waals surface area contributed by atoms with E-state index in [9.17, 15) is 9.36 Å². The molecule has 0 aliphatic heterocycles. The molecule has 0 heterocycles. The molecule has 0 aliphatic rings. The van der Waals surface area contributed by atoms with Crippen molar-refractivity contribution in [2.24, 2.45) is 0 Å². The molecule has 1 atom stereocenters. The zero-order chi connectivity index (χ0) is 12.2. The number of amides is 1. The summed E-state index contributed by atoms with van der Waals surface area (Å²) in [4.78, 5) is 30.7. The van der Waals surface area contributed by atoms with Crippen molar-refractivity contribution in [2.75, 3.05) is 13.6 Å². The van der Waals surface area contributed by atoms with Crippen molar-refractivity contribution >= 4 is 13.5 Å². The average molecular weight is 235 g/mol. The van der Waals surface area contributed by atoms with Crippen molar-refractivity contribution in [1.29, 1.82) is 0 Å². The molecule has 6 heteroatoms. The van der Waals surface area contributed by atoms with E-state index in [1.165, 1.54) is 11.9 Å². The molecular formula is C9H18NO4P. The summed E-state index contributed by atoms with van der Waals surface area (Å²) in [5.41, 5.74) is -0.441. The van der Waals surface area contributed by atoms with Crippen LogP contribution in [0.5, 0.6) is 0 Å². The second kappa shape index (κ2) is 5.45. The fourth-order valence-corrected chi connectivity index (χ4v) is 2.13. The van der Waals surface area contributed by atoms with Gasteiger partial charge in [-0.2, -0.15) is 0 Å². The number of hydrogen-bond donors (Lipinski definition) is 2. The van der Waals surface area contributed by atoms with Gasteiger partial charge in [0.2, 0.25) is 5.91 Å². The molecule has 0 saturated heterocycles. The molecule has 0 bridgehead atoms. The van der Waals surface area contributed by atoms with Crippen molar-refractivity contribution in [3.63, 3.8) is 0 Å². The third-order valence-electron chi connectivity index (χ3n) is 2.14. The van der Waals surface area contributed by atoms with E-state index in [4.69, 9.17) is 9.79 Å². The molecule has 0 spiro atoms. The molecule has 0 aromatic rings. The lowest BCUT2D eigenvalue weighted by Crippen LogP contribution is -2.34. The van der Waals surface area contributed by atoms with Gasteiger partial charge in [0.05, 0.1) is 5.66 Å². The van der Waals surface area contributed by atoms with Gasteiger partial charge < -0.3 is 14.7 Å². The number of hydrogen-bond acceptors (Lipinski definition) is 2. The number of carbonyl (C=O) groups excluding carboxylic acids is 1. The summed E-state index contributed by atoms with van der Waals surface area (Å²) in [7, 11) is -2.61. The highest BCUT2D eigenvalue weighted by molar-refractivity contribution is 7.52. The SMILES string of the molecule is C=C(C)C(=O)N(C)CC(CC)P(=O)(O)O. The monoisotopic (exact) mass is 235 g/mol. The van der Waals surface area contributed by atoms with Gasteiger partial charge in [0.15, 0.2) is 0 Å². The maximum absolute atomic E-state index is 11.4. The Balaban J connectivity index is 4.51. The molecule has 88 valence electrons. The highest BCUT2D eigenvalue weighted by Gasteiger charge is 2.29. The van der Waals surface area contributed by atoms with Crippen LogP contribution in [-0.2, 0) is 9.36 Å². The summed E-state index contributed by atoms with van der Waals surface area (Å²) in [6.07, 6.45) is 0.331. The van der Waals surface area contributed by atoms with E-state index in [0.29, 0.717) is 12.0 Å². The first-order chi connectivity index (χ1) is 6.70. The Kier molecular flexibility index (Phi) is 5.21. The fraction of sp³-hybridized carbons (Fsp3) is 0.667. The maximum atomic E-state index is 11.4. The highest BCUT2D eigenvalue weighted by Crippen LogP contribution is 2.43. The molecule has 0 radical (unpaired) electrons. The zero-order valence-corrected chi connectivity index (χ0v) is 10.2. The van der Waals surface area contributed by atoms with Gasteiger partial charge in [-0.15, -0.1) is 0 Å². The molecule has 2 N–H and O–H groups in total. The summed E-state index contributed by atoms with van der Waals surface area (Å²) in [5.74, 6) is -0.290. The van der Waals surface area contributed by atoms with Crippen LogP contribution in [0.4, 0.5) is 0 Å². The first-order valence-electron chi connectivity index (χ1n) is 4.66. The van der Waals surface area contributed by atoms with E-state index in [1.807, 2.05) is 0 Å². The van der Waals surface area contributed by atoms with Gasteiger partial charge in [-0.05, 0) is 13.3 Å². The van der Waals surface area contributed by atoms with E-state index in [0.717, 1.165) is 0 Å². The van der Waals surface area contributed by atoms with Crippen LogP contribution in [0.3, 0.4) is 0 Å². The Labute approximate surface area is 89.9 Å². The molecule has 15 heavy (non-hydrogen) atoms. The smallest absolute Gasteiger partial charge is 0.330 e. The molecule has 0 aromatic carbocycles. The van der Waals surface area contributed by atoms with Crippen LogP contribution in [0, 0.1) is 0 Å². The summed E-state index contributed by atoms with van der Waals surface area (Å²) >= 11 is 0. The molecular weight excluding hydrogens is 217 g/mol. The van der Waals surface area contributed by atoms with Gasteiger partial charge in [-0.3, -0.25) is 9.36 Å². The van der Waals surface area contributed by atoms with Gasteiger partial charge in [0, 0.05) is 19.2 Å². The Morgan fingerprint density at radius 1 is 1.53 bits per heavy atom. The fourth-order valence-electron chi connectivity index (χ4n) is 1.20. The molecule has 5 nitrogen and oxygen atoms in total.